The zero-order chi connectivity index (χ0) is 12.3. The lowest BCUT2D eigenvalue weighted by Crippen LogP contribution is -2.13. The molecule has 1 fully saturated rings. The van der Waals surface area contributed by atoms with Crippen LogP contribution < -0.4 is 5.73 Å². The van der Waals surface area contributed by atoms with Crippen LogP contribution in [-0.4, -0.2) is 19.0 Å². The van der Waals surface area contributed by atoms with Gasteiger partial charge >= 0.3 is 6.09 Å². The van der Waals surface area contributed by atoms with Gasteiger partial charge in [0.1, 0.15) is 5.78 Å². The lowest BCUT2D eigenvalue weighted by atomic mass is 9.82. The summed E-state index contributed by atoms with van der Waals surface area (Å²) in [5, 5.41) is 0. The van der Waals surface area contributed by atoms with Crippen molar-refractivity contribution in [2.75, 3.05) is 7.11 Å². The first kappa shape index (κ1) is 16.4. The Labute approximate surface area is 92.2 Å². The minimum Gasteiger partial charge on any atom is -0.453 e. The van der Waals surface area contributed by atoms with E-state index >= 15 is 0 Å². The number of hydrogen-bond donors (Lipinski definition) is 1. The van der Waals surface area contributed by atoms with E-state index < -0.39 is 6.09 Å². The van der Waals surface area contributed by atoms with Crippen LogP contribution in [0, 0.1) is 5.92 Å². The molecule has 4 nitrogen and oxygen atoms in total. The number of nitrogens with two attached hydrogens (primary N) is 1. The van der Waals surface area contributed by atoms with Crippen LogP contribution in [0.5, 0.6) is 0 Å². The summed E-state index contributed by atoms with van der Waals surface area (Å²) in [5.41, 5.74) is 4.43. The summed E-state index contributed by atoms with van der Waals surface area (Å²) in [5.74, 6) is 1.11. The van der Waals surface area contributed by atoms with E-state index in [9.17, 15) is 9.59 Å². The van der Waals surface area contributed by atoms with Gasteiger partial charge in [0.2, 0.25) is 0 Å². The summed E-state index contributed by atoms with van der Waals surface area (Å²) < 4.78 is 3.89. The second kappa shape index (κ2) is 11.0. The maximum absolute atomic E-state index is 10.4. The third-order valence-corrected chi connectivity index (χ3v) is 2.00. The van der Waals surface area contributed by atoms with Crippen molar-refractivity contribution < 1.29 is 14.3 Å². The predicted octanol–water partition coefficient (Wildman–Crippen LogP) is 2.50. The first-order chi connectivity index (χ1) is 7.06. The molecule has 0 heterocycles. The van der Waals surface area contributed by atoms with Gasteiger partial charge in [0.15, 0.2) is 0 Å². The van der Waals surface area contributed by atoms with Gasteiger partial charge < -0.3 is 15.3 Å². The molecule has 1 amide bonds. The minimum absolute atomic E-state index is 0.356. The predicted molar refractivity (Wildman–Crippen MR) is 60.6 cm³/mol. The largest absolute Gasteiger partial charge is 0.453 e. The number of methoxy groups -OCH3 is 1. The number of primary amides is 1. The van der Waals surface area contributed by atoms with E-state index in [1.54, 1.807) is 6.92 Å². The zero-order valence-electron chi connectivity index (χ0n) is 10.2. The maximum atomic E-state index is 10.4. The molecule has 0 aromatic carbocycles. The van der Waals surface area contributed by atoms with Gasteiger partial charge in [-0.1, -0.05) is 33.1 Å². The summed E-state index contributed by atoms with van der Waals surface area (Å²) in [7, 11) is 1.22. The van der Waals surface area contributed by atoms with Gasteiger partial charge in [-0.05, 0) is 12.8 Å². The molecule has 0 aromatic rings. The van der Waals surface area contributed by atoms with Gasteiger partial charge in [0.05, 0.1) is 7.11 Å². The molecule has 1 rings (SSSR count). The summed E-state index contributed by atoms with van der Waals surface area (Å²) in [6.45, 7) is 5.68. The Morgan fingerprint density at radius 3 is 1.80 bits per heavy atom. The molecule has 0 bridgehead atoms. The van der Waals surface area contributed by atoms with Crippen molar-refractivity contribution in [2.45, 2.75) is 46.5 Å². The molecule has 0 unspecified atom stereocenters. The molecule has 1 aliphatic rings. The highest BCUT2D eigenvalue weighted by atomic mass is 16.5. The molecule has 1 saturated carbocycles. The van der Waals surface area contributed by atoms with E-state index in [-0.39, 0.29) is 0 Å². The molecule has 0 radical (unpaired) electrons. The fourth-order valence-corrected chi connectivity index (χ4v) is 1.10. The molecule has 0 aromatic heterocycles. The fourth-order valence-electron chi connectivity index (χ4n) is 1.10. The van der Waals surface area contributed by atoms with Crippen molar-refractivity contribution in [2.24, 2.45) is 11.7 Å². The van der Waals surface area contributed by atoms with Crippen molar-refractivity contribution in [3.8, 4) is 0 Å². The molecule has 90 valence electrons. The topological polar surface area (TPSA) is 69.4 Å². The number of carbonyl (C=O) groups excluding carboxylic acids is 2. The van der Waals surface area contributed by atoms with Crippen LogP contribution in [-0.2, 0) is 9.53 Å². The second-order valence-electron chi connectivity index (χ2n) is 3.23. The molecule has 0 saturated heterocycles. The smallest absolute Gasteiger partial charge is 0.404 e. The van der Waals surface area contributed by atoms with E-state index in [2.05, 4.69) is 10.5 Å². The van der Waals surface area contributed by atoms with Crippen molar-refractivity contribution in [1.82, 2.24) is 0 Å². The van der Waals surface area contributed by atoms with Crippen molar-refractivity contribution >= 4 is 11.9 Å². The van der Waals surface area contributed by atoms with Gasteiger partial charge in [0.25, 0.3) is 0 Å². The lowest BCUT2D eigenvalue weighted by Gasteiger charge is -2.23. The quantitative estimate of drug-likeness (QED) is 0.772. The van der Waals surface area contributed by atoms with Crippen molar-refractivity contribution in [3.63, 3.8) is 0 Å². The zero-order valence-corrected chi connectivity index (χ0v) is 10.2. The van der Waals surface area contributed by atoms with Crippen molar-refractivity contribution in [1.29, 1.82) is 0 Å². The Hall–Kier alpha value is -1.06. The molecule has 4 heteroatoms. The van der Waals surface area contributed by atoms with Gasteiger partial charge in [0, 0.05) is 6.42 Å². The van der Waals surface area contributed by atoms with Gasteiger partial charge in [-0.2, -0.15) is 0 Å². The van der Waals surface area contributed by atoms with Gasteiger partial charge in [-0.25, -0.2) is 4.79 Å². The van der Waals surface area contributed by atoms with Crippen molar-refractivity contribution in [3.05, 3.63) is 0 Å². The third-order valence-electron chi connectivity index (χ3n) is 2.00. The first-order valence-corrected chi connectivity index (χ1v) is 5.39. The van der Waals surface area contributed by atoms with Crippen LogP contribution in [0.15, 0.2) is 0 Å². The number of Topliss-reactive ketones (excluding diaryl/α,β-unsaturated/α-hetero) is 1. The van der Waals surface area contributed by atoms with Gasteiger partial charge in [-0.15, -0.1) is 0 Å². The fraction of sp³-hybridized carbons (Fsp3) is 0.818. The first-order valence-electron chi connectivity index (χ1n) is 5.39. The van der Waals surface area contributed by atoms with Crippen LogP contribution in [0.25, 0.3) is 0 Å². The van der Waals surface area contributed by atoms with Crippen LogP contribution in [0.2, 0.25) is 0 Å². The molecule has 2 N–H and O–H groups in total. The maximum Gasteiger partial charge on any atom is 0.404 e. The van der Waals surface area contributed by atoms with E-state index in [0.717, 1.165) is 12.3 Å². The number of rotatable bonds is 2. The van der Waals surface area contributed by atoms with E-state index in [0.29, 0.717) is 5.78 Å². The highest BCUT2D eigenvalue weighted by molar-refractivity contribution is 5.75. The molecule has 15 heavy (non-hydrogen) atoms. The Morgan fingerprint density at radius 2 is 1.73 bits per heavy atom. The second-order valence-corrected chi connectivity index (χ2v) is 3.23. The number of ketones is 1. The Bertz CT molecular complexity index is 177. The molecule has 0 spiro atoms. The average Bonchev–Trinajstić information content (AvgIpc) is 2.16. The van der Waals surface area contributed by atoms with E-state index in [1.165, 1.54) is 26.4 Å². The van der Waals surface area contributed by atoms with Crippen LogP contribution in [0.4, 0.5) is 4.79 Å². The minimum atomic E-state index is -0.745. The van der Waals surface area contributed by atoms with Gasteiger partial charge in [-0.3, -0.25) is 0 Å². The summed E-state index contributed by atoms with van der Waals surface area (Å²) in [4.78, 5) is 19.8. The number of amides is 1. The SMILES string of the molecule is CC.CC(=O)CC1CCC1.COC(N)=O. The molecule has 1 aliphatic carbocycles. The summed E-state index contributed by atoms with van der Waals surface area (Å²) in [6, 6.07) is 0. The summed E-state index contributed by atoms with van der Waals surface area (Å²) >= 11 is 0. The normalized spacial score (nSPS) is 13.3. The number of hydrogen-bond acceptors (Lipinski definition) is 3. The van der Waals surface area contributed by atoms with Crippen LogP contribution in [0.1, 0.15) is 46.5 Å². The van der Waals surface area contributed by atoms with Crippen LogP contribution >= 0.6 is 0 Å². The molecule has 0 atom stereocenters. The highest BCUT2D eigenvalue weighted by Crippen LogP contribution is 2.29. The lowest BCUT2D eigenvalue weighted by molar-refractivity contribution is -0.118. The molecule has 0 aliphatic heterocycles. The number of carbonyl (C=O) groups is 2. The van der Waals surface area contributed by atoms with E-state index in [4.69, 9.17) is 0 Å². The third kappa shape index (κ3) is 12.9. The Balaban J connectivity index is 0. The monoisotopic (exact) mass is 217 g/mol. The standard InChI is InChI=1S/C7H12O.C2H5NO2.C2H6/c1-6(8)5-7-3-2-4-7;1-5-2(3)4;1-2/h7H,2-5H2,1H3;1H3,(H2,3,4);1-2H3. The summed E-state index contributed by atoms with van der Waals surface area (Å²) in [6.07, 6.45) is 4.02. The molecular formula is C11H23NO3. The average molecular weight is 217 g/mol. The Kier molecular flexibility index (Phi) is 12.0. The van der Waals surface area contributed by atoms with Crippen LogP contribution in [0.3, 0.4) is 0 Å². The number of ether oxygens (including phenoxy) is 1. The molecular weight excluding hydrogens is 194 g/mol. The van der Waals surface area contributed by atoms with E-state index in [1.807, 2.05) is 13.8 Å². The highest BCUT2D eigenvalue weighted by Gasteiger charge is 2.18. The Morgan fingerprint density at radius 1 is 1.33 bits per heavy atom.